The van der Waals surface area contributed by atoms with Gasteiger partial charge in [0.25, 0.3) is 0 Å². The predicted octanol–water partition coefficient (Wildman–Crippen LogP) is 7.01. The fraction of sp³-hybridized carbons (Fsp3) is 0.381. The van der Waals surface area contributed by atoms with E-state index in [2.05, 4.69) is 22.5 Å². The number of unbranched alkanes of at least 4 members (excludes halogenated alkanes) is 5. The highest BCUT2D eigenvalue weighted by Gasteiger charge is 2.03. The van der Waals surface area contributed by atoms with Gasteiger partial charge in [-0.25, -0.2) is 4.79 Å². The number of benzene rings is 2. The van der Waals surface area contributed by atoms with Gasteiger partial charge in [-0.1, -0.05) is 57.2 Å². The van der Waals surface area contributed by atoms with Gasteiger partial charge in [0.2, 0.25) is 0 Å². The van der Waals surface area contributed by atoms with E-state index in [0.717, 1.165) is 24.2 Å². The van der Waals surface area contributed by atoms with Gasteiger partial charge in [0, 0.05) is 5.69 Å². The van der Waals surface area contributed by atoms with E-state index in [1.54, 1.807) is 24.3 Å². The SMILES string of the molecule is CCCCCCCCOC(=O)Nc1ccc(N=Nc2ccccc2)cc1. The van der Waals surface area contributed by atoms with E-state index >= 15 is 0 Å². The molecule has 0 radical (unpaired) electrons. The van der Waals surface area contributed by atoms with Gasteiger partial charge in [0.1, 0.15) is 0 Å². The van der Waals surface area contributed by atoms with Crippen LogP contribution >= 0.6 is 0 Å². The van der Waals surface area contributed by atoms with Crippen LogP contribution in [-0.4, -0.2) is 12.7 Å². The van der Waals surface area contributed by atoms with Crippen molar-refractivity contribution in [2.24, 2.45) is 10.2 Å². The Kier molecular flexibility index (Phi) is 8.90. The van der Waals surface area contributed by atoms with Crippen LogP contribution in [0.3, 0.4) is 0 Å². The Labute approximate surface area is 155 Å². The van der Waals surface area contributed by atoms with Crippen molar-refractivity contribution in [1.29, 1.82) is 0 Å². The molecule has 2 aromatic rings. The lowest BCUT2D eigenvalue weighted by atomic mass is 10.1. The van der Waals surface area contributed by atoms with E-state index in [0.29, 0.717) is 12.3 Å². The molecule has 0 bridgehead atoms. The third-order valence-electron chi connectivity index (χ3n) is 3.88. The second-order valence-electron chi connectivity index (χ2n) is 6.11. The van der Waals surface area contributed by atoms with Gasteiger partial charge in [-0.2, -0.15) is 10.2 Å². The van der Waals surface area contributed by atoms with Crippen LogP contribution in [0.2, 0.25) is 0 Å². The molecule has 0 fully saturated rings. The molecule has 0 saturated heterocycles. The Morgan fingerprint density at radius 2 is 1.46 bits per heavy atom. The molecule has 0 spiro atoms. The second kappa shape index (κ2) is 11.8. The molecule has 0 aliphatic heterocycles. The van der Waals surface area contributed by atoms with Crippen molar-refractivity contribution in [2.45, 2.75) is 45.4 Å². The lowest BCUT2D eigenvalue weighted by Gasteiger charge is -2.07. The summed E-state index contributed by atoms with van der Waals surface area (Å²) in [4.78, 5) is 11.8. The summed E-state index contributed by atoms with van der Waals surface area (Å²) in [6.45, 7) is 2.66. The largest absolute Gasteiger partial charge is 0.449 e. The monoisotopic (exact) mass is 353 g/mol. The van der Waals surface area contributed by atoms with Crippen molar-refractivity contribution in [3.8, 4) is 0 Å². The van der Waals surface area contributed by atoms with Gasteiger partial charge in [0.05, 0.1) is 18.0 Å². The summed E-state index contributed by atoms with van der Waals surface area (Å²) in [6.07, 6.45) is 6.59. The lowest BCUT2D eigenvalue weighted by molar-refractivity contribution is 0.159. The number of azo groups is 1. The number of nitrogens with one attached hydrogen (secondary N) is 1. The smallest absolute Gasteiger partial charge is 0.411 e. The van der Waals surface area contributed by atoms with Crippen LogP contribution in [0, 0.1) is 0 Å². The molecule has 0 aliphatic carbocycles. The van der Waals surface area contributed by atoms with Crippen LogP contribution in [-0.2, 0) is 4.74 Å². The Hall–Kier alpha value is -2.69. The molecule has 138 valence electrons. The van der Waals surface area contributed by atoms with Crippen molar-refractivity contribution >= 4 is 23.2 Å². The zero-order valence-electron chi connectivity index (χ0n) is 15.4. The van der Waals surface area contributed by atoms with Crippen molar-refractivity contribution in [1.82, 2.24) is 0 Å². The molecule has 2 aromatic carbocycles. The highest BCUT2D eigenvalue weighted by molar-refractivity contribution is 5.84. The minimum Gasteiger partial charge on any atom is -0.449 e. The molecule has 5 nitrogen and oxygen atoms in total. The molecule has 0 aliphatic rings. The average Bonchev–Trinajstić information content (AvgIpc) is 2.67. The van der Waals surface area contributed by atoms with Crippen molar-refractivity contribution in [3.63, 3.8) is 0 Å². The molecule has 1 N–H and O–H groups in total. The molecule has 0 saturated carbocycles. The van der Waals surface area contributed by atoms with Crippen LogP contribution in [0.25, 0.3) is 0 Å². The van der Waals surface area contributed by atoms with Crippen LogP contribution in [0.15, 0.2) is 64.8 Å². The third kappa shape index (κ3) is 7.92. The van der Waals surface area contributed by atoms with E-state index in [1.807, 2.05) is 30.3 Å². The lowest BCUT2D eigenvalue weighted by Crippen LogP contribution is -2.14. The van der Waals surface area contributed by atoms with Crippen molar-refractivity contribution in [2.75, 3.05) is 11.9 Å². The first-order valence-corrected chi connectivity index (χ1v) is 9.28. The zero-order valence-corrected chi connectivity index (χ0v) is 15.4. The Morgan fingerprint density at radius 3 is 2.15 bits per heavy atom. The minimum atomic E-state index is -0.419. The summed E-state index contributed by atoms with van der Waals surface area (Å²) in [5, 5.41) is 11.0. The summed E-state index contributed by atoms with van der Waals surface area (Å²) < 4.78 is 5.20. The molecule has 0 aromatic heterocycles. The number of anilines is 1. The highest BCUT2D eigenvalue weighted by Crippen LogP contribution is 2.20. The molecular weight excluding hydrogens is 326 g/mol. The maximum absolute atomic E-state index is 11.8. The molecule has 0 unspecified atom stereocenters. The molecule has 0 heterocycles. The molecule has 2 rings (SSSR count). The zero-order chi connectivity index (χ0) is 18.5. The minimum absolute atomic E-state index is 0.419. The molecule has 0 atom stereocenters. The summed E-state index contributed by atoms with van der Waals surface area (Å²) in [5.41, 5.74) is 2.20. The van der Waals surface area contributed by atoms with E-state index < -0.39 is 6.09 Å². The van der Waals surface area contributed by atoms with Gasteiger partial charge < -0.3 is 4.74 Å². The standard InChI is InChI=1S/C21H27N3O2/c1-2-3-4-5-6-10-17-26-21(25)22-18-13-15-20(16-14-18)24-23-19-11-8-7-9-12-19/h7-9,11-16H,2-6,10,17H2,1H3,(H,22,25). The summed E-state index contributed by atoms with van der Waals surface area (Å²) in [6, 6.07) is 16.7. The number of nitrogens with zero attached hydrogens (tertiary/aromatic N) is 2. The number of carbonyl (C=O) groups is 1. The van der Waals surface area contributed by atoms with E-state index in [9.17, 15) is 4.79 Å². The van der Waals surface area contributed by atoms with Gasteiger partial charge in [-0.3, -0.25) is 5.32 Å². The molecule has 1 amide bonds. The van der Waals surface area contributed by atoms with E-state index in [-0.39, 0.29) is 0 Å². The maximum atomic E-state index is 11.8. The fourth-order valence-electron chi connectivity index (χ4n) is 2.42. The Bertz CT molecular complexity index is 669. The van der Waals surface area contributed by atoms with Gasteiger partial charge in [-0.05, 0) is 42.8 Å². The first-order chi connectivity index (χ1) is 12.8. The van der Waals surface area contributed by atoms with Crippen LogP contribution in [0.4, 0.5) is 21.9 Å². The van der Waals surface area contributed by atoms with Crippen LogP contribution < -0.4 is 5.32 Å². The first-order valence-electron chi connectivity index (χ1n) is 9.28. The van der Waals surface area contributed by atoms with Gasteiger partial charge in [0.15, 0.2) is 0 Å². The number of amides is 1. The first kappa shape index (κ1) is 19.6. The van der Waals surface area contributed by atoms with Gasteiger partial charge >= 0.3 is 6.09 Å². The molecular formula is C21H27N3O2. The second-order valence-corrected chi connectivity index (χ2v) is 6.11. The number of carbonyl (C=O) groups excluding carboxylic acids is 1. The van der Waals surface area contributed by atoms with Crippen molar-refractivity contribution < 1.29 is 9.53 Å². The quantitative estimate of drug-likeness (QED) is 0.369. The molecule has 5 heteroatoms. The number of ether oxygens (including phenoxy) is 1. The topological polar surface area (TPSA) is 63.0 Å². The van der Waals surface area contributed by atoms with E-state index in [4.69, 9.17) is 4.74 Å². The number of rotatable bonds is 10. The fourth-order valence-corrected chi connectivity index (χ4v) is 2.42. The van der Waals surface area contributed by atoms with Crippen molar-refractivity contribution in [3.05, 3.63) is 54.6 Å². The average molecular weight is 353 g/mol. The third-order valence-corrected chi connectivity index (χ3v) is 3.88. The Balaban J connectivity index is 1.68. The summed E-state index contributed by atoms with van der Waals surface area (Å²) >= 11 is 0. The highest BCUT2D eigenvalue weighted by atomic mass is 16.5. The van der Waals surface area contributed by atoms with E-state index in [1.165, 1.54) is 25.7 Å². The number of hydrogen-bond acceptors (Lipinski definition) is 4. The summed E-state index contributed by atoms with van der Waals surface area (Å²) in [7, 11) is 0. The predicted molar refractivity (Wildman–Crippen MR) is 105 cm³/mol. The normalized spacial score (nSPS) is 10.8. The Morgan fingerprint density at radius 1 is 0.846 bits per heavy atom. The summed E-state index contributed by atoms with van der Waals surface area (Å²) in [5.74, 6) is 0. The van der Waals surface area contributed by atoms with Gasteiger partial charge in [-0.15, -0.1) is 0 Å². The van der Waals surface area contributed by atoms with Crippen LogP contribution in [0.5, 0.6) is 0 Å². The maximum Gasteiger partial charge on any atom is 0.411 e. The molecule has 26 heavy (non-hydrogen) atoms. The van der Waals surface area contributed by atoms with Crippen LogP contribution in [0.1, 0.15) is 45.4 Å². The number of hydrogen-bond donors (Lipinski definition) is 1.